The fraction of sp³-hybridized carbons (Fsp3) is 0.500. The maximum atomic E-state index is 12.1. The number of thioether (sulfide) groups is 1. The van der Waals surface area contributed by atoms with Crippen LogP contribution in [0.5, 0.6) is 0 Å². The highest BCUT2D eigenvalue weighted by molar-refractivity contribution is 7.99. The minimum Gasteiger partial charge on any atom is -0.355 e. The fourth-order valence-electron chi connectivity index (χ4n) is 3.07. The molecule has 3 rings (SSSR count). The molecule has 140 valence electrons. The summed E-state index contributed by atoms with van der Waals surface area (Å²) >= 11 is 7.30. The van der Waals surface area contributed by atoms with Gasteiger partial charge in [-0.2, -0.15) is 0 Å². The lowest BCUT2D eigenvalue weighted by atomic mass is 9.97. The Hall–Kier alpha value is -1.57. The van der Waals surface area contributed by atoms with Gasteiger partial charge in [-0.1, -0.05) is 35.5 Å². The zero-order valence-corrected chi connectivity index (χ0v) is 16.4. The molecule has 1 aliphatic heterocycles. The molecule has 8 heteroatoms. The molecule has 1 aromatic heterocycles. The van der Waals surface area contributed by atoms with Gasteiger partial charge in [0.2, 0.25) is 5.91 Å². The van der Waals surface area contributed by atoms with Crippen molar-refractivity contribution >= 4 is 29.3 Å². The largest absolute Gasteiger partial charge is 0.355 e. The molecular weight excluding hydrogens is 370 g/mol. The number of nitrogens with zero attached hydrogens (tertiary/aromatic N) is 3. The van der Waals surface area contributed by atoms with Gasteiger partial charge in [0.05, 0.1) is 5.75 Å². The van der Waals surface area contributed by atoms with E-state index in [1.807, 2.05) is 35.9 Å². The van der Waals surface area contributed by atoms with E-state index in [9.17, 15) is 4.79 Å². The molecule has 0 bridgehead atoms. The van der Waals surface area contributed by atoms with E-state index in [4.69, 9.17) is 11.6 Å². The molecular formula is C18H24ClN5OS. The maximum absolute atomic E-state index is 12.1. The summed E-state index contributed by atoms with van der Waals surface area (Å²) in [5.74, 6) is 1.84. The van der Waals surface area contributed by atoms with E-state index in [2.05, 4.69) is 20.8 Å². The smallest absolute Gasteiger partial charge is 0.230 e. The van der Waals surface area contributed by atoms with Gasteiger partial charge in [-0.15, -0.1) is 10.2 Å². The molecule has 1 aliphatic rings. The first-order valence-corrected chi connectivity index (χ1v) is 10.2. The summed E-state index contributed by atoms with van der Waals surface area (Å²) in [6, 6.07) is 7.68. The molecule has 2 aromatic rings. The average Bonchev–Trinajstić information content (AvgIpc) is 3.03. The van der Waals surface area contributed by atoms with Crippen molar-refractivity contribution in [2.24, 2.45) is 7.05 Å². The number of carbonyl (C=O) groups is 1. The number of hydrogen-bond donors (Lipinski definition) is 2. The summed E-state index contributed by atoms with van der Waals surface area (Å²) in [5, 5.41) is 16.4. The molecule has 0 spiro atoms. The van der Waals surface area contributed by atoms with Gasteiger partial charge < -0.3 is 15.2 Å². The predicted octanol–water partition coefficient (Wildman–Crippen LogP) is 2.39. The van der Waals surface area contributed by atoms with Crippen LogP contribution in [-0.2, 0) is 18.3 Å². The van der Waals surface area contributed by atoms with E-state index in [0.717, 1.165) is 53.9 Å². The van der Waals surface area contributed by atoms with Gasteiger partial charge in [0.25, 0.3) is 0 Å². The van der Waals surface area contributed by atoms with E-state index >= 15 is 0 Å². The first-order valence-electron chi connectivity index (χ1n) is 8.87. The maximum Gasteiger partial charge on any atom is 0.230 e. The zero-order chi connectivity index (χ0) is 18.4. The van der Waals surface area contributed by atoms with Crippen molar-refractivity contribution in [3.63, 3.8) is 0 Å². The summed E-state index contributed by atoms with van der Waals surface area (Å²) in [4.78, 5) is 12.1. The van der Waals surface area contributed by atoms with Crippen LogP contribution >= 0.6 is 23.4 Å². The third-order valence-corrected chi connectivity index (χ3v) is 5.83. The van der Waals surface area contributed by atoms with Gasteiger partial charge in [0.15, 0.2) is 5.16 Å². The van der Waals surface area contributed by atoms with Crippen LogP contribution in [0.15, 0.2) is 29.4 Å². The Morgan fingerprint density at radius 1 is 1.31 bits per heavy atom. The van der Waals surface area contributed by atoms with Gasteiger partial charge in [-0.3, -0.25) is 4.79 Å². The highest BCUT2D eigenvalue weighted by Gasteiger charge is 2.21. The summed E-state index contributed by atoms with van der Waals surface area (Å²) in [6.07, 6.45) is 2.96. The van der Waals surface area contributed by atoms with Crippen molar-refractivity contribution in [3.05, 3.63) is 40.7 Å². The Balaban J connectivity index is 1.42. The van der Waals surface area contributed by atoms with Crippen LogP contribution in [0.4, 0.5) is 0 Å². The molecule has 1 amide bonds. The molecule has 1 fully saturated rings. The van der Waals surface area contributed by atoms with Crippen LogP contribution in [0.2, 0.25) is 5.02 Å². The summed E-state index contributed by atoms with van der Waals surface area (Å²) < 4.78 is 2.03. The number of amides is 1. The molecule has 2 heterocycles. The number of benzene rings is 1. The van der Waals surface area contributed by atoms with E-state index in [1.165, 1.54) is 11.8 Å². The third kappa shape index (κ3) is 5.22. The standard InChI is InChI=1S/C18H24ClN5OS/c1-24-17(14-7-9-20-10-8-14)22-23-18(24)26-12-16(25)21-11-6-13-2-4-15(19)5-3-13/h2-5,14,20H,6-12H2,1H3,(H,21,25). The topological polar surface area (TPSA) is 71.8 Å². The number of halogens is 1. The van der Waals surface area contributed by atoms with Crippen molar-refractivity contribution in [2.45, 2.75) is 30.3 Å². The lowest BCUT2D eigenvalue weighted by Crippen LogP contribution is -2.28. The van der Waals surface area contributed by atoms with Crippen LogP contribution in [-0.4, -0.2) is 46.1 Å². The Morgan fingerprint density at radius 2 is 2.04 bits per heavy atom. The van der Waals surface area contributed by atoms with Crippen LogP contribution in [0.3, 0.4) is 0 Å². The monoisotopic (exact) mass is 393 g/mol. The van der Waals surface area contributed by atoms with E-state index in [-0.39, 0.29) is 5.91 Å². The second-order valence-corrected chi connectivity index (χ2v) is 7.82. The number of rotatable bonds is 7. The molecule has 0 radical (unpaired) electrons. The van der Waals surface area contributed by atoms with Crippen LogP contribution in [0.1, 0.15) is 30.1 Å². The Bertz CT molecular complexity index is 728. The number of nitrogens with one attached hydrogen (secondary N) is 2. The van der Waals surface area contributed by atoms with Crippen molar-refractivity contribution in [2.75, 3.05) is 25.4 Å². The summed E-state index contributed by atoms with van der Waals surface area (Å²) in [6.45, 7) is 2.66. The molecule has 0 aliphatic carbocycles. The predicted molar refractivity (Wildman–Crippen MR) is 105 cm³/mol. The second kappa shape index (κ2) is 9.39. The second-order valence-electron chi connectivity index (χ2n) is 6.44. The molecule has 0 saturated carbocycles. The molecule has 6 nitrogen and oxygen atoms in total. The Kier molecular flexibility index (Phi) is 6.93. The van der Waals surface area contributed by atoms with Gasteiger partial charge in [-0.05, 0) is 50.0 Å². The normalized spacial score (nSPS) is 15.2. The Labute approximate surface area is 163 Å². The number of carbonyl (C=O) groups excluding carboxylic acids is 1. The van der Waals surface area contributed by atoms with Crippen LogP contribution in [0, 0.1) is 0 Å². The fourth-order valence-corrected chi connectivity index (χ4v) is 3.94. The molecule has 0 atom stereocenters. The third-order valence-electron chi connectivity index (χ3n) is 4.55. The molecule has 1 aromatic carbocycles. The number of hydrogen-bond acceptors (Lipinski definition) is 5. The average molecular weight is 394 g/mol. The van der Waals surface area contributed by atoms with Crippen molar-refractivity contribution in [3.8, 4) is 0 Å². The number of piperidine rings is 1. The first-order chi connectivity index (χ1) is 12.6. The van der Waals surface area contributed by atoms with Gasteiger partial charge >= 0.3 is 0 Å². The first kappa shape index (κ1) is 19.2. The van der Waals surface area contributed by atoms with Crippen molar-refractivity contribution < 1.29 is 4.79 Å². The lowest BCUT2D eigenvalue weighted by Gasteiger charge is -2.21. The van der Waals surface area contributed by atoms with Crippen molar-refractivity contribution in [1.29, 1.82) is 0 Å². The molecule has 2 N–H and O–H groups in total. The Morgan fingerprint density at radius 3 is 2.77 bits per heavy atom. The highest BCUT2D eigenvalue weighted by atomic mass is 35.5. The van der Waals surface area contributed by atoms with Gasteiger partial charge in [-0.25, -0.2) is 0 Å². The lowest BCUT2D eigenvalue weighted by molar-refractivity contribution is -0.118. The zero-order valence-electron chi connectivity index (χ0n) is 14.9. The highest BCUT2D eigenvalue weighted by Crippen LogP contribution is 2.26. The van der Waals surface area contributed by atoms with E-state index < -0.39 is 0 Å². The quantitative estimate of drug-likeness (QED) is 0.707. The molecule has 1 saturated heterocycles. The summed E-state index contributed by atoms with van der Waals surface area (Å²) in [7, 11) is 1.98. The van der Waals surface area contributed by atoms with Crippen LogP contribution in [0.25, 0.3) is 0 Å². The van der Waals surface area contributed by atoms with Crippen molar-refractivity contribution in [1.82, 2.24) is 25.4 Å². The van der Waals surface area contributed by atoms with Gasteiger partial charge in [0, 0.05) is 24.5 Å². The minimum atomic E-state index is 0.00961. The molecule has 0 unspecified atom stereocenters. The number of aromatic nitrogens is 3. The summed E-state index contributed by atoms with van der Waals surface area (Å²) in [5.41, 5.74) is 1.15. The van der Waals surface area contributed by atoms with Crippen LogP contribution < -0.4 is 10.6 Å². The minimum absolute atomic E-state index is 0.00961. The van der Waals surface area contributed by atoms with E-state index in [0.29, 0.717) is 18.2 Å². The molecule has 26 heavy (non-hydrogen) atoms. The van der Waals surface area contributed by atoms with E-state index in [1.54, 1.807) is 0 Å². The van der Waals surface area contributed by atoms with Gasteiger partial charge in [0.1, 0.15) is 5.82 Å². The SMILES string of the molecule is Cn1c(SCC(=O)NCCc2ccc(Cl)cc2)nnc1C1CCNCC1.